The lowest BCUT2D eigenvalue weighted by molar-refractivity contribution is -0.385. The number of benzene rings is 1. The van der Waals surface area contributed by atoms with Crippen LogP contribution in [0.25, 0.3) is 0 Å². The SMILES string of the molecule is CC(O)CCN(C)c1ccc([N+](=O)[O-])c(C#N)c1. The van der Waals surface area contributed by atoms with E-state index in [-0.39, 0.29) is 11.3 Å². The Balaban J connectivity index is 2.92. The largest absolute Gasteiger partial charge is 0.393 e. The number of rotatable bonds is 5. The molecule has 0 aromatic heterocycles. The molecule has 1 aromatic carbocycles. The van der Waals surface area contributed by atoms with Gasteiger partial charge in [-0.15, -0.1) is 0 Å². The van der Waals surface area contributed by atoms with Crippen LogP contribution in [0.1, 0.15) is 18.9 Å². The number of aliphatic hydroxyl groups is 1. The zero-order valence-electron chi connectivity index (χ0n) is 10.3. The molecule has 0 aliphatic heterocycles. The van der Waals surface area contributed by atoms with Crippen LogP contribution < -0.4 is 4.90 Å². The quantitative estimate of drug-likeness (QED) is 0.633. The fraction of sp³-hybridized carbons (Fsp3) is 0.417. The maximum atomic E-state index is 10.7. The molecule has 1 rings (SSSR count). The minimum Gasteiger partial charge on any atom is -0.393 e. The van der Waals surface area contributed by atoms with E-state index in [0.717, 1.165) is 5.69 Å². The van der Waals surface area contributed by atoms with Gasteiger partial charge in [0.15, 0.2) is 0 Å². The molecule has 0 amide bonds. The van der Waals surface area contributed by atoms with Crippen molar-refractivity contribution in [2.24, 2.45) is 0 Å². The van der Waals surface area contributed by atoms with Crippen LogP contribution in [0.5, 0.6) is 0 Å². The Labute approximate surface area is 105 Å². The van der Waals surface area contributed by atoms with Gasteiger partial charge in [-0.2, -0.15) is 5.26 Å². The van der Waals surface area contributed by atoms with E-state index in [1.165, 1.54) is 12.1 Å². The smallest absolute Gasteiger partial charge is 0.287 e. The molecule has 0 bridgehead atoms. The molecule has 18 heavy (non-hydrogen) atoms. The number of nitriles is 1. The molecule has 1 atom stereocenters. The Kier molecular flexibility index (Phi) is 4.63. The first-order valence-electron chi connectivity index (χ1n) is 5.53. The predicted octanol–water partition coefficient (Wildman–Crippen LogP) is 1.67. The zero-order valence-corrected chi connectivity index (χ0v) is 10.3. The van der Waals surface area contributed by atoms with Gasteiger partial charge in [-0.05, 0) is 25.5 Å². The van der Waals surface area contributed by atoms with Crippen LogP contribution in [0.2, 0.25) is 0 Å². The number of nitro groups is 1. The molecule has 1 N–H and O–H groups in total. The van der Waals surface area contributed by atoms with Crippen LogP contribution in [0, 0.1) is 21.4 Å². The minimum absolute atomic E-state index is 0.0430. The highest BCUT2D eigenvalue weighted by Gasteiger charge is 2.15. The van der Waals surface area contributed by atoms with E-state index in [9.17, 15) is 15.2 Å². The Hall–Kier alpha value is -2.13. The van der Waals surface area contributed by atoms with Crippen molar-refractivity contribution in [2.45, 2.75) is 19.4 Å². The Bertz CT molecular complexity index is 480. The predicted molar refractivity (Wildman–Crippen MR) is 67.4 cm³/mol. The highest BCUT2D eigenvalue weighted by atomic mass is 16.6. The van der Waals surface area contributed by atoms with Crippen LogP contribution in [-0.2, 0) is 0 Å². The number of hydrogen-bond acceptors (Lipinski definition) is 5. The van der Waals surface area contributed by atoms with Gasteiger partial charge in [-0.25, -0.2) is 0 Å². The van der Waals surface area contributed by atoms with Crippen LogP contribution in [-0.4, -0.2) is 29.7 Å². The van der Waals surface area contributed by atoms with Gasteiger partial charge in [0.25, 0.3) is 5.69 Å². The highest BCUT2D eigenvalue weighted by molar-refractivity contribution is 5.59. The van der Waals surface area contributed by atoms with Crippen molar-refractivity contribution in [1.29, 1.82) is 5.26 Å². The first-order valence-corrected chi connectivity index (χ1v) is 5.53. The molecule has 96 valence electrons. The molecule has 6 nitrogen and oxygen atoms in total. The van der Waals surface area contributed by atoms with Crippen LogP contribution in [0.4, 0.5) is 11.4 Å². The maximum Gasteiger partial charge on any atom is 0.287 e. The number of nitro benzene ring substituents is 1. The third-order valence-corrected chi connectivity index (χ3v) is 2.62. The summed E-state index contributed by atoms with van der Waals surface area (Å²) in [6.07, 6.45) is 0.191. The second-order valence-corrected chi connectivity index (χ2v) is 4.13. The average Bonchev–Trinajstić information content (AvgIpc) is 2.34. The number of aliphatic hydroxyl groups excluding tert-OH is 1. The van der Waals surface area contributed by atoms with Crippen molar-refractivity contribution in [3.8, 4) is 6.07 Å². The van der Waals surface area contributed by atoms with Gasteiger partial charge in [0.1, 0.15) is 11.6 Å². The third-order valence-electron chi connectivity index (χ3n) is 2.62. The first kappa shape index (κ1) is 13.9. The van der Waals surface area contributed by atoms with Crippen molar-refractivity contribution in [3.05, 3.63) is 33.9 Å². The van der Waals surface area contributed by atoms with E-state index in [1.54, 1.807) is 13.0 Å². The molecule has 0 saturated heterocycles. The number of anilines is 1. The van der Waals surface area contributed by atoms with E-state index in [0.29, 0.717) is 13.0 Å². The lowest BCUT2D eigenvalue weighted by Crippen LogP contribution is -2.21. The fourth-order valence-electron chi connectivity index (χ4n) is 1.52. The molecular weight excluding hydrogens is 234 g/mol. The topological polar surface area (TPSA) is 90.4 Å². The van der Waals surface area contributed by atoms with Crippen LogP contribution in [0.3, 0.4) is 0 Å². The van der Waals surface area contributed by atoms with E-state index < -0.39 is 11.0 Å². The molecule has 6 heteroatoms. The molecule has 0 fully saturated rings. The van der Waals surface area contributed by atoms with E-state index >= 15 is 0 Å². The van der Waals surface area contributed by atoms with Crippen LogP contribution >= 0.6 is 0 Å². The molecule has 0 saturated carbocycles. The summed E-state index contributed by atoms with van der Waals surface area (Å²) in [6.45, 7) is 2.31. The Morgan fingerprint density at radius 2 is 2.28 bits per heavy atom. The lowest BCUT2D eigenvalue weighted by Gasteiger charge is -2.20. The van der Waals surface area contributed by atoms with Crippen molar-refractivity contribution in [3.63, 3.8) is 0 Å². The number of hydrogen-bond donors (Lipinski definition) is 1. The molecule has 0 spiro atoms. The highest BCUT2D eigenvalue weighted by Crippen LogP contribution is 2.23. The summed E-state index contributed by atoms with van der Waals surface area (Å²) in [4.78, 5) is 12.0. The van der Waals surface area contributed by atoms with Gasteiger partial charge in [-0.3, -0.25) is 10.1 Å². The van der Waals surface area contributed by atoms with Gasteiger partial charge in [-0.1, -0.05) is 0 Å². The number of nitrogens with zero attached hydrogens (tertiary/aromatic N) is 3. The minimum atomic E-state index is -0.571. The monoisotopic (exact) mass is 249 g/mol. The summed E-state index contributed by atoms with van der Waals surface area (Å²) >= 11 is 0. The van der Waals surface area contributed by atoms with Gasteiger partial charge in [0, 0.05) is 25.3 Å². The van der Waals surface area contributed by atoms with Crippen molar-refractivity contribution in [2.75, 3.05) is 18.5 Å². The summed E-state index contributed by atoms with van der Waals surface area (Å²) in [5.74, 6) is 0. The normalized spacial score (nSPS) is 11.7. The molecule has 0 aliphatic rings. The van der Waals surface area contributed by atoms with E-state index in [1.807, 2.05) is 18.0 Å². The van der Waals surface area contributed by atoms with E-state index in [4.69, 9.17) is 5.26 Å². The van der Waals surface area contributed by atoms with Crippen molar-refractivity contribution >= 4 is 11.4 Å². The second kappa shape index (κ2) is 5.98. The lowest BCUT2D eigenvalue weighted by atomic mass is 10.1. The average molecular weight is 249 g/mol. The maximum absolute atomic E-state index is 10.7. The fourth-order valence-corrected chi connectivity index (χ4v) is 1.52. The third kappa shape index (κ3) is 3.43. The molecule has 1 unspecified atom stereocenters. The first-order chi connectivity index (χ1) is 8.45. The summed E-state index contributed by atoms with van der Waals surface area (Å²) in [7, 11) is 1.81. The summed E-state index contributed by atoms with van der Waals surface area (Å²) < 4.78 is 0. The standard InChI is InChI=1S/C12H15N3O3/c1-9(16)5-6-14(2)11-3-4-12(15(17)18)10(7-11)8-13/h3-4,7,9,16H,5-6H2,1-2H3. The van der Waals surface area contributed by atoms with Crippen LogP contribution in [0.15, 0.2) is 18.2 Å². The van der Waals surface area contributed by atoms with Gasteiger partial charge in [0.05, 0.1) is 11.0 Å². The van der Waals surface area contributed by atoms with Crippen molar-refractivity contribution < 1.29 is 10.0 Å². The van der Waals surface area contributed by atoms with Crippen molar-refractivity contribution in [1.82, 2.24) is 0 Å². The molecule has 1 aromatic rings. The second-order valence-electron chi connectivity index (χ2n) is 4.13. The summed E-state index contributed by atoms with van der Waals surface area (Å²) in [5, 5.41) is 28.8. The Morgan fingerprint density at radius 1 is 1.61 bits per heavy atom. The zero-order chi connectivity index (χ0) is 13.7. The molecule has 0 radical (unpaired) electrons. The molecular formula is C12H15N3O3. The van der Waals surface area contributed by atoms with Gasteiger partial charge < -0.3 is 10.0 Å². The summed E-state index contributed by atoms with van der Waals surface area (Å²) in [5.41, 5.74) is 0.573. The van der Waals surface area contributed by atoms with Gasteiger partial charge in [0.2, 0.25) is 0 Å². The summed E-state index contributed by atoms with van der Waals surface area (Å²) in [6, 6.07) is 6.23. The van der Waals surface area contributed by atoms with Gasteiger partial charge >= 0.3 is 0 Å². The Morgan fingerprint density at radius 3 is 2.78 bits per heavy atom. The molecule has 0 aliphatic carbocycles. The molecule has 0 heterocycles. The van der Waals surface area contributed by atoms with E-state index in [2.05, 4.69) is 0 Å².